The van der Waals surface area contributed by atoms with E-state index in [9.17, 15) is 187 Å². The number of carbonyl (C=O) groups excluding carboxylic acids is 6. The van der Waals surface area contributed by atoms with Crippen LogP contribution in [0.1, 0.15) is 25.7 Å². The molecule has 3 N–H and O–H groups in total. The summed E-state index contributed by atoms with van der Waals surface area (Å²) in [6.45, 7) is -2.25. The van der Waals surface area contributed by atoms with Crippen molar-refractivity contribution < 1.29 is 244 Å². The summed E-state index contributed by atoms with van der Waals surface area (Å²) in [5.74, 6) is -62.9. The highest BCUT2D eigenvalue weighted by Gasteiger charge is 2.78. The van der Waals surface area contributed by atoms with Crippen LogP contribution < -0.4 is 5.32 Å². The van der Waals surface area contributed by atoms with Crippen molar-refractivity contribution in [3.63, 3.8) is 0 Å². The lowest BCUT2D eigenvalue weighted by atomic mass is 10.1. The number of amides is 1. The van der Waals surface area contributed by atoms with E-state index in [2.05, 4.69) is 67.4 Å². The number of hydrogen-bond donors (Lipinski definition) is 3. The molecule has 4 atom stereocenters. The number of aliphatic hydroxyl groups excluding tert-OH is 2. The van der Waals surface area contributed by atoms with Crippen molar-refractivity contribution in [2.75, 3.05) is 95.6 Å². The minimum atomic E-state index is -6.95. The van der Waals surface area contributed by atoms with Gasteiger partial charge in [-0.15, -0.1) is 0 Å². The lowest BCUT2D eigenvalue weighted by molar-refractivity contribution is -0.429. The van der Waals surface area contributed by atoms with Crippen molar-refractivity contribution in [2.45, 2.75) is 144 Å². The van der Waals surface area contributed by atoms with E-state index < -0.39 is 277 Å². The third-order valence-electron chi connectivity index (χ3n) is 11.1. The Morgan fingerprint density at radius 3 is 0.982 bits per heavy atom. The molecule has 0 aliphatic carbocycles. The molecule has 0 spiro atoms. The fourth-order valence-electron chi connectivity index (χ4n) is 5.36. The molecule has 20 nitrogen and oxygen atoms in total. The van der Waals surface area contributed by atoms with Gasteiger partial charge in [0.2, 0.25) is 6.08 Å². The number of nitrogens with one attached hydrogen (secondary N) is 1. The number of carbonyl (C=O) groups is 5. The van der Waals surface area contributed by atoms with Crippen LogP contribution >= 0.6 is 47.0 Å². The number of isocyanates is 1. The van der Waals surface area contributed by atoms with Gasteiger partial charge >= 0.3 is 123 Å². The highest BCUT2D eigenvalue weighted by molar-refractivity contribution is 8.04. The van der Waals surface area contributed by atoms with Crippen molar-refractivity contribution in [3.8, 4) is 0 Å². The molecule has 1 fully saturated rings. The van der Waals surface area contributed by atoms with E-state index in [1.807, 2.05) is 0 Å². The number of hydrogen-bond acceptors (Lipinski definition) is 23. The first-order chi connectivity index (χ1) is 50.1. The van der Waals surface area contributed by atoms with Crippen molar-refractivity contribution in [1.29, 1.82) is 0 Å². The van der Waals surface area contributed by atoms with Crippen LogP contribution in [0.2, 0.25) is 0 Å². The molecule has 0 aromatic heterocycles. The van der Waals surface area contributed by atoms with Gasteiger partial charge in [-0.2, -0.15) is 140 Å². The number of rotatable bonds is 49. The molecule has 0 aromatic carbocycles. The van der Waals surface area contributed by atoms with Crippen LogP contribution in [0, 0.1) is 0 Å². The van der Waals surface area contributed by atoms with Crippen LogP contribution in [0.25, 0.3) is 0 Å². The molecule has 0 bridgehead atoms. The molecule has 4 unspecified atom stereocenters. The van der Waals surface area contributed by atoms with E-state index in [-0.39, 0.29) is 13.2 Å². The van der Waals surface area contributed by atoms with Crippen LogP contribution in [-0.2, 0) is 71.3 Å². The molecule has 0 radical (unpaired) electrons. The smallest absolute Gasteiger partial charge is 0.428 e. The van der Waals surface area contributed by atoms with E-state index in [1.54, 1.807) is 0 Å². The summed E-state index contributed by atoms with van der Waals surface area (Å²) in [5, 5.41) is -4.40. The van der Waals surface area contributed by atoms with Gasteiger partial charge in [-0.25, -0.2) is 46.5 Å². The molecule has 0 aromatic rings. The Morgan fingerprint density at radius 1 is 0.432 bits per heavy atom. The number of aliphatic imine (C=N–C) groups is 1. The maximum atomic E-state index is 14.0. The number of alkyl halides is 36. The van der Waals surface area contributed by atoms with E-state index in [4.69, 9.17) is 14.9 Å². The molecule has 1 saturated heterocycles. The van der Waals surface area contributed by atoms with Crippen molar-refractivity contribution in [1.82, 2.24) is 5.32 Å². The molecule has 1 amide bonds. The van der Waals surface area contributed by atoms with E-state index in [0.29, 0.717) is 12.2 Å². The predicted molar refractivity (Wildman–Crippen MR) is 303 cm³/mol. The monoisotopic (exact) mass is 1790 g/mol. The second-order valence-electron chi connectivity index (χ2n) is 19.5. The molecule has 0 saturated carbocycles. The summed E-state index contributed by atoms with van der Waals surface area (Å²) in [7, 11) is 0. The number of alkyl carbamates (subject to hydrolysis) is 1. The van der Waals surface area contributed by atoms with Gasteiger partial charge in [-0.05, 0) is 19.3 Å². The Morgan fingerprint density at radius 2 is 0.712 bits per heavy atom. The largest absolute Gasteiger partial charge is 0.463 e. The maximum Gasteiger partial charge on any atom is 0.428 e. The second kappa shape index (κ2) is 45.6. The summed E-state index contributed by atoms with van der Waals surface area (Å²) in [6, 6.07) is 0. The number of thioether (sulfide) groups is 4. The molecular weight excluding hydrogens is 1740 g/mol. The van der Waals surface area contributed by atoms with Gasteiger partial charge in [-0.3, -0.25) is 23.7 Å². The van der Waals surface area contributed by atoms with Gasteiger partial charge in [0.15, 0.2) is 13.2 Å². The standard InChI is InChI=1S/C27H27F18NO10S2.C14H12F18O4S2.C6H7NO3.C4H8O/c1-3-14(47)51-8-5-6-16(49)53-12-20(30,31)24(38,39)26(42,43)55-17(28)22(34,35)57-10-11-58-23(36,37)18(29)56-27(44,45)25(40,41)21(32,33)13-54-19(50)46-7-9-52-15(48)4-2;15-5(35-13(29,30)11(25,26)7(17,18)3-33)9(21,22)37-1-2-38-10(23,24)6(16)36-14(31,32)12(27,28)8(19,20)4-34;1-2-6(9)10-4-3-7-5-8;1-2-4-5-3-1/h3-4,17-18H,1-2,5-13H2,(H,46,50);5-6,33-34H,1-4H2;2H,1,3-4H2;1-4H2. The Balaban J connectivity index is -0.00000186. The fraction of sp³-hybridized carbons (Fsp3) is 0.765. The van der Waals surface area contributed by atoms with E-state index >= 15 is 0 Å². The molecule has 1 rings (SSSR count). The van der Waals surface area contributed by atoms with E-state index in [0.717, 1.165) is 19.3 Å². The third-order valence-corrected chi connectivity index (χ3v) is 15.6. The number of nitrogens with zero attached hydrogens (tertiary/aromatic N) is 1. The number of ether oxygens (including phenoxy) is 10. The topological polar surface area (TPSA) is 260 Å². The minimum absolute atomic E-state index is 0.0973. The molecular formula is C51H54F36N2O18S4. The summed E-state index contributed by atoms with van der Waals surface area (Å²) in [4.78, 5) is 67.2. The lowest BCUT2D eigenvalue weighted by Gasteiger charge is -2.33. The van der Waals surface area contributed by atoms with Gasteiger partial charge in [0.05, 0.1) is 19.7 Å². The van der Waals surface area contributed by atoms with Crippen molar-refractivity contribution >= 4 is 83.1 Å². The third kappa shape index (κ3) is 34.8. The van der Waals surface area contributed by atoms with Crippen LogP contribution in [0.5, 0.6) is 0 Å². The maximum absolute atomic E-state index is 14.0. The minimum Gasteiger partial charge on any atom is -0.463 e. The molecule has 111 heavy (non-hydrogen) atoms. The first kappa shape index (κ1) is 110. The highest BCUT2D eigenvalue weighted by Crippen LogP contribution is 2.54. The van der Waals surface area contributed by atoms with Gasteiger partial charge in [0.1, 0.15) is 26.4 Å². The lowest BCUT2D eigenvalue weighted by Crippen LogP contribution is -2.59. The quantitative estimate of drug-likeness (QED) is 0.00972. The fourth-order valence-corrected chi connectivity index (χ4v) is 8.50. The Bertz CT molecular complexity index is 2780. The molecule has 652 valence electrons. The van der Waals surface area contributed by atoms with Crippen LogP contribution in [-0.4, -0.2) is 260 Å². The SMILES string of the molecule is C1CCOC1.C=CC(=O)OCCCC(=O)OCC(F)(F)C(F)(F)C(F)(F)OC(F)C(F)(F)SCCSC(F)(F)C(F)OC(F)(F)C(F)(F)C(F)(F)COC(=O)NCCOC(=O)C=C.C=CC(=O)OCCN=C=O.OCC(F)(F)C(F)(F)C(F)(F)OC(F)C(F)(F)SCCSC(F)(F)C(F)OC(F)(F)C(F)(F)C(F)(F)CO. The molecule has 60 heteroatoms. The molecule has 1 aliphatic heterocycles. The summed E-state index contributed by atoms with van der Waals surface area (Å²) in [5.41, 5.74) is 0. The Kier molecular flexibility index (Phi) is 45.0. The first-order valence-electron chi connectivity index (χ1n) is 28.2. The summed E-state index contributed by atoms with van der Waals surface area (Å²) < 4.78 is 521. The number of aliphatic hydroxyl groups is 2. The zero-order chi connectivity index (χ0) is 87.8. The van der Waals surface area contributed by atoms with Gasteiger partial charge in [0, 0.05) is 60.9 Å². The molecule has 1 heterocycles. The van der Waals surface area contributed by atoms with Gasteiger partial charge in [-0.1, -0.05) is 66.8 Å². The number of esters is 4. The average Bonchev–Trinajstić information content (AvgIpc) is 0.960. The van der Waals surface area contributed by atoms with Crippen molar-refractivity contribution in [3.05, 3.63) is 38.0 Å². The highest BCUT2D eigenvalue weighted by atomic mass is 32.2. The van der Waals surface area contributed by atoms with Crippen LogP contribution in [0.4, 0.5) is 163 Å². The summed E-state index contributed by atoms with van der Waals surface area (Å²) in [6.07, 6.45) is -43.9. The number of halogens is 36. The second-order valence-corrected chi connectivity index (χ2v) is 24.5. The summed E-state index contributed by atoms with van der Waals surface area (Å²) >= 11 is -5.47. The van der Waals surface area contributed by atoms with Crippen LogP contribution in [0.15, 0.2) is 43.0 Å². The Hall–Kier alpha value is -5.65. The Labute approximate surface area is 614 Å². The van der Waals surface area contributed by atoms with E-state index in [1.165, 1.54) is 24.2 Å². The predicted octanol–water partition coefficient (Wildman–Crippen LogP) is 14.3. The van der Waals surface area contributed by atoms with Gasteiger partial charge < -0.3 is 44.0 Å². The van der Waals surface area contributed by atoms with Crippen molar-refractivity contribution in [2.24, 2.45) is 4.99 Å². The van der Waals surface area contributed by atoms with Gasteiger partial charge in [0.25, 0.3) is 25.4 Å². The average molecular weight is 1800 g/mol. The van der Waals surface area contributed by atoms with Crippen LogP contribution in [0.3, 0.4) is 0 Å². The zero-order valence-electron chi connectivity index (χ0n) is 54.2. The molecule has 1 aliphatic rings. The first-order valence-corrected chi connectivity index (χ1v) is 32.1. The zero-order valence-corrected chi connectivity index (χ0v) is 57.5. The normalized spacial score (nSPS) is 15.2.